The number of carbonyl (C=O) groups is 1. The van der Waals surface area contributed by atoms with Gasteiger partial charge in [-0.2, -0.15) is 5.10 Å². The molecule has 3 aromatic rings. The van der Waals surface area contributed by atoms with Gasteiger partial charge in [0.05, 0.1) is 0 Å². The van der Waals surface area contributed by atoms with Crippen LogP contribution in [0.15, 0.2) is 72.0 Å². The number of aliphatic imine (C=N–C) groups is 1. The first-order valence-electron chi connectivity index (χ1n) is 10.9. The summed E-state index contributed by atoms with van der Waals surface area (Å²) in [7, 11) is 1.73. The molecule has 34 heavy (non-hydrogen) atoms. The maximum atomic E-state index is 12.2. The Bertz CT molecular complexity index is 1080. The number of anilines is 1. The van der Waals surface area contributed by atoms with Gasteiger partial charge in [-0.05, 0) is 50.6 Å². The molecule has 182 valence electrons. The Labute approximate surface area is 218 Å². The van der Waals surface area contributed by atoms with E-state index in [4.69, 9.17) is 4.74 Å². The largest absolute Gasteiger partial charge is 0.488 e. The second-order valence-corrected chi connectivity index (χ2v) is 8.55. The topological polar surface area (TPSA) is 92.6 Å². The minimum atomic E-state index is -0.269. The normalized spacial score (nSPS) is 11.4. The van der Waals surface area contributed by atoms with Crippen molar-refractivity contribution in [1.29, 1.82) is 0 Å². The Morgan fingerprint density at radius 2 is 1.82 bits per heavy atom. The number of hydrogen-bond acceptors (Lipinski definition) is 4. The van der Waals surface area contributed by atoms with Gasteiger partial charge in [0.25, 0.3) is 0 Å². The second-order valence-electron chi connectivity index (χ2n) is 8.55. The second kappa shape index (κ2) is 13.0. The van der Waals surface area contributed by atoms with E-state index in [1.54, 1.807) is 30.2 Å². The molecule has 1 aromatic heterocycles. The van der Waals surface area contributed by atoms with Crippen LogP contribution < -0.4 is 20.7 Å². The lowest BCUT2D eigenvalue weighted by Gasteiger charge is -2.23. The quantitative estimate of drug-likeness (QED) is 0.213. The third kappa shape index (κ3) is 9.05. The highest BCUT2D eigenvalue weighted by Crippen LogP contribution is 2.22. The number of ether oxygens (including phenoxy) is 1. The number of rotatable bonds is 8. The first-order valence-corrected chi connectivity index (χ1v) is 10.9. The summed E-state index contributed by atoms with van der Waals surface area (Å²) in [5, 5.41) is 13.6. The third-order valence-electron chi connectivity index (χ3n) is 4.59. The van der Waals surface area contributed by atoms with E-state index in [1.807, 2.05) is 69.3 Å². The van der Waals surface area contributed by atoms with Crippen molar-refractivity contribution in [3.63, 3.8) is 0 Å². The third-order valence-corrected chi connectivity index (χ3v) is 4.59. The summed E-state index contributed by atoms with van der Waals surface area (Å²) in [5.41, 5.74) is 2.54. The number of nitrogens with one attached hydrogen (secondary N) is 3. The van der Waals surface area contributed by atoms with Gasteiger partial charge in [-0.15, -0.1) is 24.0 Å². The zero-order chi connectivity index (χ0) is 23.7. The van der Waals surface area contributed by atoms with Gasteiger partial charge in [-0.1, -0.05) is 30.3 Å². The average molecular weight is 576 g/mol. The zero-order valence-corrected chi connectivity index (χ0v) is 22.4. The maximum absolute atomic E-state index is 12.2. The number of para-hydroxylation sites is 1. The molecule has 0 unspecified atom stereocenters. The van der Waals surface area contributed by atoms with E-state index >= 15 is 0 Å². The van der Waals surface area contributed by atoms with Crippen molar-refractivity contribution >= 4 is 41.5 Å². The Kier molecular flexibility index (Phi) is 10.4. The van der Waals surface area contributed by atoms with Crippen molar-refractivity contribution in [3.8, 4) is 5.75 Å². The molecular formula is C25H33IN6O2. The van der Waals surface area contributed by atoms with Crippen LogP contribution in [0, 0.1) is 0 Å². The summed E-state index contributed by atoms with van der Waals surface area (Å²) in [6.45, 7) is 7.41. The molecule has 0 saturated heterocycles. The molecule has 3 N–H and O–H groups in total. The minimum absolute atomic E-state index is 0. The van der Waals surface area contributed by atoms with Gasteiger partial charge in [-0.3, -0.25) is 14.5 Å². The number of guanidine groups is 1. The number of hydrogen-bond donors (Lipinski definition) is 3. The first-order chi connectivity index (χ1) is 15.8. The predicted octanol–water partition coefficient (Wildman–Crippen LogP) is 4.18. The lowest BCUT2D eigenvalue weighted by atomic mass is 10.1. The van der Waals surface area contributed by atoms with Crippen LogP contribution in [0.3, 0.4) is 0 Å². The molecule has 0 radical (unpaired) electrons. The summed E-state index contributed by atoms with van der Waals surface area (Å²) in [6, 6.07) is 17.5. The summed E-state index contributed by atoms with van der Waals surface area (Å²) in [5.74, 6) is 1.40. The molecular weight excluding hydrogens is 543 g/mol. The fraction of sp³-hybridized carbons (Fsp3) is 0.320. The molecule has 3 rings (SSSR count). The first kappa shape index (κ1) is 27.2. The van der Waals surface area contributed by atoms with Crippen LogP contribution in [0.25, 0.3) is 0 Å². The fourth-order valence-corrected chi connectivity index (χ4v) is 3.17. The van der Waals surface area contributed by atoms with Crippen molar-refractivity contribution in [3.05, 3.63) is 78.1 Å². The molecule has 0 fully saturated rings. The number of amides is 1. The molecule has 0 aliphatic carbocycles. The van der Waals surface area contributed by atoms with Crippen molar-refractivity contribution in [2.24, 2.45) is 4.99 Å². The van der Waals surface area contributed by atoms with Crippen LogP contribution in [0.2, 0.25) is 0 Å². The maximum Gasteiger partial charge on any atom is 0.246 e. The lowest BCUT2D eigenvalue weighted by molar-refractivity contribution is -0.116. The van der Waals surface area contributed by atoms with E-state index in [9.17, 15) is 4.79 Å². The molecule has 2 aromatic carbocycles. The van der Waals surface area contributed by atoms with Crippen molar-refractivity contribution < 1.29 is 9.53 Å². The highest BCUT2D eigenvalue weighted by molar-refractivity contribution is 14.0. The molecule has 0 saturated carbocycles. The molecule has 1 heterocycles. The van der Waals surface area contributed by atoms with Gasteiger partial charge in [0.2, 0.25) is 5.91 Å². The Morgan fingerprint density at radius 1 is 1.06 bits per heavy atom. The van der Waals surface area contributed by atoms with Crippen molar-refractivity contribution in [2.75, 3.05) is 12.4 Å². The van der Waals surface area contributed by atoms with Gasteiger partial charge in [0, 0.05) is 43.8 Å². The van der Waals surface area contributed by atoms with Crippen LogP contribution in [-0.2, 0) is 24.4 Å². The summed E-state index contributed by atoms with van der Waals surface area (Å²) < 4.78 is 7.65. The number of aromatic nitrogens is 2. The van der Waals surface area contributed by atoms with E-state index in [2.05, 4.69) is 26.0 Å². The van der Waals surface area contributed by atoms with Crippen LogP contribution in [0.4, 0.5) is 5.69 Å². The van der Waals surface area contributed by atoms with Crippen molar-refractivity contribution in [1.82, 2.24) is 20.4 Å². The molecule has 9 heteroatoms. The van der Waals surface area contributed by atoms with E-state index in [0.29, 0.717) is 19.0 Å². The number of nitrogens with zero attached hydrogens (tertiary/aromatic N) is 3. The number of carbonyl (C=O) groups excluding carboxylic acids is 1. The van der Waals surface area contributed by atoms with Gasteiger partial charge in [0.1, 0.15) is 17.9 Å². The Hall–Kier alpha value is -3.08. The molecule has 8 nitrogen and oxygen atoms in total. The van der Waals surface area contributed by atoms with E-state index in [1.165, 1.54) is 0 Å². The molecule has 0 aliphatic heterocycles. The summed E-state index contributed by atoms with van der Waals surface area (Å²) in [6.07, 6.45) is 3.41. The number of halogens is 1. The summed E-state index contributed by atoms with van der Waals surface area (Å²) >= 11 is 0. The van der Waals surface area contributed by atoms with Gasteiger partial charge < -0.3 is 20.7 Å². The smallest absolute Gasteiger partial charge is 0.246 e. The van der Waals surface area contributed by atoms with E-state index in [0.717, 1.165) is 22.6 Å². The molecule has 0 aliphatic rings. The average Bonchev–Trinajstić information content (AvgIpc) is 3.27. The predicted molar refractivity (Wildman–Crippen MR) is 147 cm³/mol. The van der Waals surface area contributed by atoms with Crippen LogP contribution in [-0.4, -0.2) is 34.3 Å². The molecule has 0 spiro atoms. The van der Waals surface area contributed by atoms with Gasteiger partial charge in [0.15, 0.2) is 5.96 Å². The van der Waals surface area contributed by atoms with Crippen LogP contribution >= 0.6 is 24.0 Å². The van der Waals surface area contributed by atoms with Crippen LogP contribution in [0.5, 0.6) is 5.75 Å². The van der Waals surface area contributed by atoms with Crippen LogP contribution in [0.1, 0.15) is 31.9 Å². The van der Waals surface area contributed by atoms with Crippen molar-refractivity contribution in [2.45, 2.75) is 46.0 Å². The highest BCUT2D eigenvalue weighted by atomic mass is 127. The SMILES string of the molecule is CN=C(NCc1cccc(NC(=O)Cn2cccn2)c1)NCc1ccccc1OC(C)(C)C.I. The zero-order valence-electron chi connectivity index (χ0n) is 20.0. The standard InChI is InChI=1S/C25H32N6O2.HI/c1-25(2,3)33-22-12-6-5-10-20(22)17-28-24(26-4)27-16-19-9-7-11-21(15-19)30-23(32)18-31-14-8-13-29-31;/h5-15H,16-18H2,1-4H3,(H,30,32)(H2,26,27,28);1H. The Balaban J connectivity index is 0.00000408. The highest BCUT2D eigenvalue weighted by Gasteiger charge is 2.14. The summed E-state index contributed by atoms with van der Waals surface area (Å²) in [4.78, 5) is 16.5. The number of benzene rings is 2. The molecule has 0 bridgehead atoms. The minimum Gasteiger partial charge on any atom is -0.488 e. The molecule has 0 atom stereocenters. The fourth-order valence-electron chi connectivity index (χ4n) is 3.17. The molecule has 1 amide bonds. The Morgan fingerprint density at radius 3 is 2.53 bits per heavy atom. The van der Waals surface area contributed by atoms with Gasteiger partial charge in [-0.25, -0.2) is 0 Å². The lowest BCUT2D eigenvalue weighted by Crippen LogP contribution is -2.36. The van der Waals surface area contributed by atoms with E-state index < -0.39 is 0 Å². The van der Waals surface area contributed by atoms with Gasteiger partial charge >= 0.3 is 0 Å². The van der Waals surface area contributed by atoms with E-state index in [-0.39, 0.29) is 42.0 Å². The monoisotopic (exact) mass is 576 g/mol.